The van der Waals surface area contributed by atoms with Crippen LogP contribution in [0.3, 0.4) is 0 Å². The normalized spacial score (nSPS) is 47.1. The molecule has 0 aromatic rings. The Bertz CT molecular complexity index is 589. The number of carbonyl (C=O) groups excluding carboxylic acids is 2. The molecule has 5 rings (SSSR count). The van der Waals surface area contributed by atoms with Crippen LogP contribution in [-0.4, -0.2) is 23.8 Å². The summed E-state index contributed by atoms with van der Waals surface area (Å²) in [5, 5.41) is 0. The Kier molecular flexibility index (Phi) is 2.78. The Labute approximate surface area is 131 Å². The molecule has 1 saturated heterocycles. The van der Waals surface area contributed by atoms with Crippen molar-refractivity contribution in [1.82, 2.24) is 0 Å². The lowest BCUT2D eigenvalue weighted by atomic mass is 9.59. The molecule has 4 fully saturated rings. The van der Waals surface area contributed by atoms with Crippen molar-refractivity contribution in [2.45, 2.75) is 63.4 Å². The van der Waals surface area contributed by atoms with Crippen LogP contribution in [-0.2, 0) is 14.3 Å². The van der Waals surface area contributed by atoms with E-state index in [4.69, 9.17) is 4.74 Å². The van der Waals surface area contributed by atoms with Crippen LogP contribution in [0.5, 0.6) is 0 Å². The number of carbonyl (C=O) groups is 2. The molecule has 1 aliphatic heterocycles. The van der Waals surface area contributed by atoms with E-state index in [0.29, 0.717) is 41.8 Å². The maximum absolute atomic E-state index is 12.2. The van der Waals surface area contributed by atoms with Crippen molar-refractivity contribution in [2.24, 2.45) is 23.7 Å². The predicted octanol–water partition coefficient (Wildman–Crippen LogP) is 3.22. The van der Waals surface area contributed by atoms with Crippen LogP contribution in [0, 0.1) is 23.7 Å². The molecule has 22 heavy (non-hydrogen) atoms. The van der Waals surface area contributed by atoms with Crippen LogP contribution in [0.4, 0.5) is 0 Å². The van der Waals surface area contributed by atoms with Crippen LogP contribution < -0.4 is 0 Å². The van der Waals surface area contributed by atoms with E-state index in [1.54, 1.807) is 11.1 Å². The largest absolute Gasteiger partial charge is 0.359 e. The van der Waals surface area contributed by atoms with Gasteiger partial charge in [-0.2, -0.15) is 0 Å². The summed E-state index contributed by atoms with van der Waals surface area (Å²) >= 11 is 0. The van der Waals surface area contributed by atoms with E-state index in [1.165, 1.54) is 19.3 Å². The molecule has 3 nitrogen and oxygen atoms in total. The average Bonchev–Trinajstić information content (AvgIpc) is 2.94. The highest BCUT2D eigenvalue weighted by atomic mass is 16.5. The number of rotatable bonds is 0. The summed E-state index contributed by atoms with van der Waals surface area (Å²) in [5.74, 6) is 3.22. The zero-order valence-corrected chi connectivity index (χ0v) is 13.1. The fraction of sp³-hybridized carbons (Fsp3) is 0.789. The third kappa shape index (κ3) is 1.61. The van der Waals surface area contributed by atoms with Gasteiger partial charge in [0.2, 0.25) is 0 Å². The third-order valence-corrected chi connectivity index (χ3v) is 7.47. The van der Waals surface area contributed by atoms with Gasteiger partial charge in [-0.1, -0.05) is 11.1 Å². The van der Waals surface area contributed by atoms with Gasteiger partial charge in [0.15, 0.2) is 5.78 Å². The maximum atomic E-state index is 12.2. The molecule has 0 N–H and O–H groups in total. The summed E-state index contributed by atoms with van der Waals surface area (Å²) in [6.07, 6.45) is 9.43. The number of hydrogen-bond acceptors (Lipinski definition) is 3. The summed E-state index contributed by atoms with van der Waals surface area (Å²) in [5.41, 5.74) is 2.98. The lowest BCUT2D eigenvalue weighted by molar-refractivity contribution is -0.190. The van der Waals surface area contributed by atoms with Crippen molar-refractivity contribution in [1.29, 1.82) is 0 Å². The SMILES string of the molecule is O=C1CCC2=C3CCC4C(CCC45OCC5=O)C3CCC2C1. The highest BCUT2D eigenvalue weighted by Gasteiger charge is 2.62. The van der Waals surface area contributed by atoms with Crippen LogP contribution >= 0.6 is 0 Å². The first-order valence-electron chi connectivity index (χ1n) is 9.10. The highest BCUT2D eigenvalue weighted by molar-refractivity contribution is 5.93. The summed E-state index contributed by atoms with van der Waals surface area (Å²) in [7, 11) is 0. The van der Waals surface area contributed by atoms with Gasteiger partial charge in [-0.25, -0.2) is 0 Å². The van der Waals surface area contributed by atoms with Crippen molar-refractivity contribution in [2.75, 3.05) is 6.61 Å². The molecule has 3 heteroatoms. The zero-order chi connectivity index (χ0) is 14.9. The van der Waals surface area contributed by atoms with Crippen molar-refractivity contribution < 1.29 is 14.3 Å². The zero-order valence-electron chi connectivity index (χ0n) is 13.1. The van der Waals surface area contributed by atoms with E-state index in [-0.39, 0.29) is 5.60 Å². The fourth-order valence-electron chi connectivity index (χ4n) is 6.48. The summed E-state index contributed by atoms with van der Waals surface area (Å²) < 4.78 is 5.85. The Hall–Kier alpha value is -0.960. The van der Waals surface area contributed by atoms with Gasteiger partial charge in [-0.05, 0) is 68.6 Å². The van der Waals surface area contributed by atoms with Gasteiger partial charge < -0.3 is 4.74 Å². The maximum Gasteiger partial charge on any atom is 0.190 e. The van der Waals surface area contributed by atoms with Crippen molar-refractivity contribution in [3.05, 3.63) is 11.1 Å². The van der Waals surface area contributed by atoms with Crippen LogP contribution in [0.15, 0.2) is 11.1 Å². The van der Waals surface area contributed by atoms with Gasteiger partial charge in [0.25, 0.3) is 0 Å². The molecule has 4 aliphatic carbocycles. The standard InChI is InChI=1S/C19H24O3/c20-12-2-4-13-11(9-12)1-3-15-14(13)5-6-17-16(15)7-8-19(17)18(21)10-22-19/h11,15-17H,1-10H2. The smallest absolute Gasteiger partial charge is 0.190 e. The number of fused-ring (bicyclic) bond motifs is 5. The Morgan fingerprint density at radius 1 is 0.955 bits per heavy atom. The fourth-order valence-corrected chi connectivity index (χ4v) is 6.48. The molecular weight excluding hydrogens is 276 g/mol. The second kappa shape index (κ2) is 4.53. The first-order chi connectivity index (χ1) is 10.7. The van der Waals surface area contributed by atoms with Crippen LogP contribution in [0.25, 0.3) is 0 Å². The molecule has 0 bridgehead atoms. The van der Waals surface area contributed by atoms with Gasteiger partial charge in [-0.3, -0.25) is 9.59 Å². The molecule has 0 radical (unpaired) electrons. The minimum absolute atomic E-state index is 0.353. The number of hydrogen-bond donors (Lipinski definition) is 0. The quantitative estimate of drug-likeness (QED) is 0.645. The van der Waals surface area contributed by atoms with E-state index in [1.807, 2.05) is 0 Å². The summed E-state index contributed by atoms with van der Waals surface area (Å²) in [6.45, 7) is 0.353. The monoisotopic (exact) mass is 300 g/mol. The molecule has 5 aliphatic rings. The molecule has 3 saturated carbocycles. The summed E-state index contributed by atoms with van der Waals surface area (Å²) in [4.78, 5) is 23.9. The predicted molar refractivity (Wildman–Crippen MR) is 81.2 cm³/mol. The van der Waals surface area contributed by atoms with E-state index < -0.39 is 0 Å². The first kappa shape index (κ1) is 13.5. The van der Waals surface area contributed by atoms with Crippen molar-refractivity contribution >= 4 is 11.6 Å². The van der Waals surface area contributed by atoms with Crippen LogP contribution in [0.1, 0.15) is 57.8 Å². The number of Topliss-reactive ketones (excluding diaryl/α,β-unsaturated/α-hetero) is 2. The average molecular weight is 300 g/mol. The molecule has 118 valence electrons. The highest BCUT2D eigenvalue weighted by Crippen LogP contribution is 2.60. The molecule has 0 aromatic carbocycles. The lowest BCUT2D eigenvalue weighted by Crippen LogP contribution is -2.58. The minimum atomic E-state index is -0.375. The second-order valence-electron chi connectivity index (χ2n) is 8.12. The van der Waals surface area contributed by atoms with Gasteiger partial charge in [-0.15, -0.1) is 0 Å². The topological polar surface area (TPSA) is 43.4 Å². The minimum Gasteiger partial charge on any atom is -0.359 e. The summed E-state index contributed by atoms with van der Waals surface area (Å²) in [6, 6.07) is 0. The van der Waals surface area contributed by atoms with Gasteiger partial charge in [0.05, 0.1) is 0 Å². The molecular formula is C19H24O3. The van der Waals surface area contributed by atoms with Crippen LogP contribution in [0.2, 0.25) is 0 Å². The molecule has 0 amide bonds. The van der Waals surface area contributed by atoms with Gasteiger partial charge in [0.1, 0.15) is 18.0 Å². The van der Waals surface area contributed by atoms with E-state index in [9.17, 15) is 9.59 Å². The second-order valence-corrected chi connectivity index (χ2v) is 8.12. The van der Waals surface area contributed by atoms with Crippen molar-refractivity contribution in [3.63, 3.8) is 0 Å². The molecule has 1 heterocycles. The number of allylic oxidation sites excluding steroid dienone is 2. The number of ether oxygens (including phenoxy) is 1. The van der Waals surface area contributed by atoms with E-state index in [0.717, 1.165) is 38.5 Å². The van der Waals surface area contributed by atoms with Crippen molar-refractivity contribution in [3.8, 4) is 0 Å². The third-order valence-electron chi connectivity index (χ3n) is 7.47. The van der Waals surface area contributed by atoms with E-state index in [2.05, 4.69) is 0 Å². The molecule has 5 unspecified atom stereocenters. The van der Waals surface area contributed by atoms with Gasteiger partial charge >= 0.3 is 0 Å². The first-order valence-corrected chi connectivity index (χ1v) is 9.10. The Morgan fingerprint density at radius 2 is 1.86 bits per heavy atom. The lowest BCUT2D eigenvalue weighted by Gasteiger charge is -2.49. The Morgan fingerprint density at radius 3 is 2.64 bits per heavy atom. The molecule has 5 atom stereocenters. The van der Waals surface area contributed by atoms with Gasteiger partial charge in [0, 0.05) is 12.8 Å². The van der Waals surface area contributed by atoms with E-state index >= 15 is 0 Å². The molecule has 0 aromatic heterocycles. The Balaban J connectivity index is 1.47. The number of ketones is 2. The molecule has 1 spiro atoms.